The van der Waals surface area contributed by atoms with Gasteiger partial charge in [-0.3, -0.25) is 10.1 Å². The predicted octanol–water partition coefficient (Wildman–Crippen LogP) is 3.40. The van der Waals surface area contributed by atoms with Gasteiger partial charge in [0.2, 0.25) is 10.0 Å². The Morgan fingerprint density at radius 2 is 1.55 bits per heavy atom. The molecule has 2 aromatic rings. The van der Waals surface area contributed by atoms with Crippen molar-refractivity contribution in [2.24, 2.45) is 0 Å². The zero-order valence-electron chi connectivity index (χ0n) is 17.7. The fraction of sp³-hybridized carbons (Fsp3) is 0.455. The van der Waals surface area contributed by atoms with Crippen LogP contribution in [0.25, 0.3) is 0 Å². The van der Waals surface area contributed by atoms with Gasteiger partial charge in [0.05, 0.1) is 9.82 Å². The van der Waals surface area contributed by atoms with E-state index in [4.69, 9.17) is 0 Å². The molecular formula is C22H28N4O4S. The molecule has 9 heteroatoms. The van der Waals surface area contributed by atoms with Crippen LogP contribution in [0.3, 0.4) is 0 Å². The van der Waals surface area contributed by atoms with Crippen molar-refractivity contribution in [2.45, 2.75) is 31.1 Å². The number of rotatable bonds is 5. The SMILES string of the molecule is Cc1cccc(N2CCN(c3ccc(S(=O)(=O)N4CCCCC4)cc3[N+](=O)[O-])CC2)c1. The molecule has 2 aliphatic heterocycles. The smallest absolute Gasteiger partial charge is 0.293 e. The number of nitro benzene ring substituents is 1. The molecule has 0 bridgehead atoms. The maximum Gasteiger partial charge on any atom is 0.293 e. The summed E-state index contributed by atoms with van der Waals surface area (Å²) in [6.07, 6.45) is 2.66. The Balaban J connectivity index is 1.54. The number of piperidine rings is 1. The minimum absolute atomic E-state index is 0.00301. The van der Waals surface area contributed by atoms with Gasteiger partial charge < -0.3 is 9.80 Å². The van der Waals surface area contributed by atoms with E-state index >= 15 is 0 Å². The summed E-state index contributed by atoms with van der Waals surface area (Å²) in [5.74, 6) is 0. The first-order chi connectivity index (χ1) is 14.9. The Morgan fingerprint density at radius 3 is 2.19 bits per heavy atom. The molecule has 2 aliphatic rings. The molecule has 0 spiro atoms. The lowest BCUT2D eigenvalue weighted by Gasteiger charge is -2.37. The first kappa shape index (κ1) is 21.6. The Hall–Kier alpha value is -2.65. The molecule has 0 unspecified atom stereocenters. The van der Waals surface area contributed by atoms with Crippen LogP contribution in [-0.2, 0) is 10.0 Å². The second-order valence-corrected chi connectivity index (χ2v) is 10.1. The van der Waals surface area contributed by atoms with E-state index in [9.17, 15) is 18.5 Å². The summed E-state index contributed by atoms with van der Waals surface area (Å²) in [6.45, 7) is 5.75. The molecule has 0 atom stereocenters. The van der Waals surface area contributed by atoms with Gasteiger partial charge in [-0.1, -0.05) is 18.6 Å². The summed E-state index contributed by atoms with van der Waals surface area (Å²) in [5.41, 5.74) is 2.67. The van der Waals surface area contributed by atoms with E-state index in [1.165, 1.54) is 22.0 Å². The van der Waals surface area contributed by atoms with Crippen molar-refractivity contribution in [3.63, 3.8) is 0 Å². The molecule has 2 aromatic carbocycles. The molecule has 0 aliphatic carbocycles. The van der Waals surface area contributed by atoms with Gasteiger partial charge in [-0.15, -0.1) is 0 Å². The van der Waals surface area contributed by atoms with E-state index in [0.717, 1.165) is 38.0 Å². The van der Waals surface area contributed by atoms with E-state index in [-0.39, 0.29) is 10.6 Å². The fourth-order valence-corrected chi connectivity index (χ4v) is 5.90. The maximum atomic E-state index is 13.0. The number of piperazine rings is 1. The number of hydrogen-bond donors (Lipinski definition) is 0. The predicted molar refractivity (Wildman–Crippen MR) is 121 cm³/mol. The van der Waals surface area contributed by atoms with Gasteiger partial charge in [-0.05, 0) is 49.6 Å². The van der Waals surface area contributed by atoms with Gasteiger partial charge >= 0.3 is 0 Å². The van der Waals surface area contributed by atoms with Crippen LogP contribution in [0.4, 0.5) is 17.1 Å². The lowest BCUT2D eigenvalue weighted by molar-refractivity contribution is -0.384. The highest BCUT2D eigenvalue weighted by Crippen LogP contribution is 2.33. The van der Waals surface area contributed by atoms with Crippen LogP contribution in [0.2, 0.25) is 0 Å². The van der Waals surface area contributed by atoms with E-state index in [2.05, 4.69) is 30.0 Å². The molecule has 0 aromatic heterocycles. The molecule has 0 amide bonds. The molecule has 2 heterocycles. The Labute approximate surface area is 183 Å². The second kappa shape index (κ2) is 8.84. The van der Waals surface area contributed by atoms with Crippen molar-refractivity contribution >= 4 is 27.1 Å². The summed E-state index contributed by atoms with van der Waals surface area (Å²) >= 11 is 0. The Bertz CT molecular complexity index is 1060. The fourth-order valence-electron chi connectivity index (χ4n) is 4.36. The van der Waals surface area contributed by atoms with Crippen LogP contribution in [0.15, 0.2) is 47.4 Å². The van der Waals surface area contributed by atoms with Crippen LogP contribution in [-0.4, -0.2) is 56.9 Å². The van der Waals surface area contributed by atoms with Crippen LogP contribution >= 0.6 is 0 Å². The van der Waals surface area contributed by atoms with Gasteiger partial charge in [-0.25, -0.2) is 8.42 Å². The minimum atomic E-state index is -3.71. The van der Waals surface area contributed by atoms with Crippen molar-refractivity contribution in [2.75, 3.05) is 49.1 Å². The minimum Gasteiger partial charge on any atom is -0.368 e. The van der Waals surface area contributed by atoms with Crippen LogP contribution in [0, 0.1) is 17.0 Å². The monoisotopic (exact) mass is 444 g/mol. The number of nitrogens with zero attached hydrogens (tertiary/aromatic N) is 4. The molecule has 31 heavy (non-hydrogen) atoms. The molecule has 8 nitrogen and oxygen atoms in total. The van der Waals surface area contributed by atoms with E-state index in [1.54, 1.807) is 6.07 Å². The van der Waals surface area contributed by atoms with Gasteiger partial charge in [0.15, 0.2) is 0 Å². The summed E-state index contributed by atoms with van der Waals surface area (Å²) in [7, 11) is -3.71. The number of anilines is 2. The standard InChI is InChI=1S/C22H28N4O4S/c1-18-6-5-7-19(16-18)23-12-14-24(15-13-23)21-9-8-20(17-22(21)26(27)28)31(29,30)25-10-3-2-4-11-25/h5-9,16-17H,2-4,10-15H2,1H3. The number of aryl methyl sites for hydroxylation is 1. The first-order valence-corrected chi connectivity index (χ1v) is 12.2. The van der Waals surface area contributed by atoms with E-state index in [1.807, 2.05) is 11.0 Å². The molecule has 0 N–H and O–H groups in total. The van der Waals surface area contributed by atoms with Crippen molar-refractivity contribution in [1.82, 2.24) is 4.31 Å². The third-order valence-corrected chi connectivity index (χ3v) is 7.98. The number of sulfonamides is 1. The average Bonchev–Trinajstić information content (AvgIpc) is 2.79. The summed E-state index contributed by atoms with van der Waals surface area (Å²) in [6, 6.07) is 12.6. The second-order valence-electron chi connectivity index (χ2n) is 8.19. The van der Waals surface area contributed by atoms with Crippen LogP contribution in [0.1, 0.15) is 24.8 Å². The molecule has 0 radical (unpaired) electrons. The highest BCUT2D eigenvalue weighted by atomic mass is 32.2. The Morgan fingerprint density at radius 1 is 0.871 bits per heavy atom. The average molecular weight is 445 g/mol. The number of benzene rings is 2. The molecule has 0 saturated carbocycles. The topological polar surface area (TPSA) is 87.0 Å². The zero-order valence-corrected chi connectivity index (χ0v) is 18.6. The first-order valence-electron chi connectivity index (χ1n) is 10.7. The number of nitro groups is 1. The zero-order chi connectivity index (χ0) is 22.0. The summed E-state index contributed by atoms with van der Waals surface area (Å²) in [5, 5.41) is 11.8. The molecule has 4 rings (SSSR count). The third-order valence-electron chi connectivity index (χ3n) is 6.08. The highest BCUT2D eigenvalue weighted by molar-refractivity contribution is 7.89. The van der Waals surface area contributed by atoms with Gasteiger partial charge in [0, 0.05) is 51.0 Å². The third kappa shape index (κ3) is 4.52. The molecule has 166 valence electrons. The maximum absolute atomic E-state index is 13.0. The van der Waals surface area contributed by atoms with Gasteiger partial charge in [0.25, 0.3) is 5.69 Å². The van der Waals surface area contributed by atoms with E-state index < -0.39 is 14.9 Å². The largest absolute Gasteiger partial charge is 0.368 e. The van der Waals surface area contributed by atoms with Crippen molar-refractivity contribution in [1.29, 1.82) is 0 Å². The lowest BCUT2D eigenvalue weighted by Crippen LogP contribution is -2.46. The lowest BCUT2D eigenvalue weighted by atomic mass is 10.1. The summed E-state index contributed by atoms with van der Waals surface area (Å²) < 4.78 is 27.4. The van der Waals surface area contributed by atoms with Gasteiger partial charge in [-0.2, -0.15) is 4.31 Å². The summed E-state index contributed by atoms with van der Waals surface area (Å²) in [4.78, 5) is 15.6. The number of hydrogen-bond acceptors (Lipinski definition) is 6. The molecule has 2 fully saturated rings. The Kier molecular flexibility index (Phi) is 6.15. The molecular weight excluding hydrogens is 416 g/mol. The van der Waals surface area contributed by atoms with E-state index in [0.29, 0.717) is 31.9 Å². The van der Waals surface area contributed by atoms with Crippen LogP contribution < -0.4 is 9.80 Å². The van der Waals surface area contributed by atoms with Crippen molar-refractivity contribution in [3.05, 3.63) is 58.1 Å². The normalized spacial score (nSPS) is 18.2. The molecule has 2 saturated heterocycles. The van der Waals surface area contributed by atoms with Crippen LogP contribution in [0.5, 0.6) is 0 Å². The highest BCUT2D eigenvalue weighted by Gasteiger charge is 2.30. The van der Waals surface area contributed by atoms with Gasteiger partial charge in [0.1, 0.15) is 5.69 Å². The van der Waals surface area contributed by atoms with Crippen molar-refractivity contribution < 1.29 is 13.3 Å². The quantitative estimate of drug-likeness (QED) is 0.519. The van der Waals surface area contributed by atoms with Crippen molar-refractivity contribution in [3.8, 4) is 0 Å².